The molecule has 0 saturated heterocycles. The van der Waals surface area contributed by atoms with Crippen LogP contribution in [0.5, 0.6) is 0 Å². The van der Waals surface area contributed by atoms with Crippen LogP contribution in [0.25, 0.3) is 0 Å². The Morgan fingerprint density at radius 1 is 1.24 bits per heavy atom. The molecule has 0 radical (unpaired) electrons. The van der Waals surface area contributed by atoms with Gasteiger partial charge in [0.2, 0.25) is 5.91 Å². The van der Waals surface area contributed by atoms with Crippen molar-refractivity contribution in [1.82, 2.24) is 0 Å². The summed E-state index contributed by atoms with van der Waals surface area (Å²) in [5.41, 5.74) is 1.97. The molecule has 0 unspecified atom stereocenters. The Balaban J connectivity index is 1.97. The first kappa shape index (κ1) is 15.8. The van der Waals surface area contributed by atoms with Gasteiger partial charge in [-0.05, 0) is 58.7 Å². The molecule has 0 aliphatic carbocycles. The molecular weight excluding hydrogens is 359 g/mol. The van der Waals surface area contributed by atoms with Gasteiger partial charge in [-0.25, -0.2) is 4.39 Å². The third-order valence-electron chi connectivity index (χ3n) is 2.77. The van der Waals surface area contributed by atoms with Gasteiger partial charge in [-0.3, -0.25) is 4.79 Å². The van der Waals surface area contributed by atoms with Crippen molar-refractivity contribution in [1.29, 1.82) is 0 Å². The fraction of sp³-hybridized carbons (Fsp3) is 0.133. The van der Waals surface area contributed by atoms with Gasteiger partial charge >= 0.3 is 0 Å². The van der Waals surface area contributed by atoms with Gasteiger partial charge in [0.15, 0.2) is 0 Å². The topological polar surface area (TPSA) is 41.1 Å². The summed E-state index contributed by atoms with van der Waals surface area (Å²) in [6, 6.07) is 9.75. The summed E-state index contributed by atoms with van der Waals surface area (Å²) >= 11 is 9.18. The number of benzene rings is 2. The van der Waals surface area contributed by atoms with Crippen molar-refractivity contribution < 1.29 is 9.18 Å². The molecule has 2 aromatic carbocycles. The van der Waals surface area contributed by atoms with E-state index in [4.69, 9.17) is 11.6 Å². The summed E-state index contributed by atoms with van der Waals surface area (Å²) in [6.45, 7) is 2.00. The van der Waals surface area contributed by atoms with E-state index in [0.717, 1.165) is 15.7 Å². The molecule has 0 bridgehead atoms. The van der Waals surface area contributed by atoms with Crippen molar-refractivity contribution in [3.8, 4) is 0 Å². The predicted octanol–water partition coefficient (Wildman–Crippen LogP) is 4.60. The van der Waals surface area contributed by atoms with Crippen LogP contribution in [0.4, 0.5) is 15.8 Å². The monoisotopic (exact) mass is 370 g/mol. The zero-order valence-corrected chi connectivity index (χ0v) is 13.6. The van der Waals surface area contributed by atoms with Crippen molar-refractivity contribution in [2.45, 2.75) is 6.92 Å². The molecular formula is C15H13BrClFN2O. The third-order valence-corrected chi connectivity index (χ3v) is 3.66. The first-order valence-electron chi connectivity index (χ1n) is 6.20. The van der Waals surface area contributed by atoms with Crippen molar-refractivity contribution in [3.63, 3.8) is 0 Å². The second-order valence-electron chi connectivity index (χ2n) is 4.51. The van der Waals surface area contributed by atoms with Gasteiger partial charge in [-0.1, -0.05) is 17.7 Å². The van der Waals surface area contributed by atoms with Crippen molar-refractivity contribution in [3.05, 3.63) is 57.3 Å². The first-order chi connectivity index (χ1) is 9.95. The van der Waals surface area contributed by atoms with E-state index in [0.29, 0.717) is 5.02 Å². The van der Waals surface area contributed by atoms with Gasteiger partial charge < -0.3 is 10.6 Å². The molecule has 110 valence electrons. The second kappa shape index (κ2) is 6.91. The Kier molecular flexibility index (Phi) is 5.20. The maximum atomic E-state index is 13.5. The highest BCUT2D eigenvalue weighted by molar-refractivity contribution is 9.10. The molecule has 6 heteroatoms. The maximum absolute atomic E-state index is 13.5. The predicted molar refractivity (Wildman–Crippen MR) is 87.4 cm³/mol. The number of hydrogen-bond donors (Lipinski definition) is 2. The van der Waals surface area contributed by atoms with E-state index in [1.54, 1.807) is 0 Å². The van der Waals surface area contributed by atoms with Gasteiger partial charge in [0.1, 0.15) is 5.82 Å². The molecule has 2 aromatic rings. The Morgan fingerprint density at radius 2 is 2.00 bits per heavy atom. The van der Waals surface area contributed by atoms with E-state index in [2.05, 4.69) is 26.6 Å². The van der Waals surface area contributed by atoms with Gasteiger partial charge in [-0.15, -0.1) is 0 Å². The summed E-state index contributed by atoms with van der Waals surface area (Å²) in [7, 11) is 0. The zero-order chi connectivity index (χ0) is 15.4. The molecule has 2 rings (SSSR count). The van der Waals surface area contributed by atoms with E-state index >= 15 is 0 Å². The van der Waals surface area contributed by atoms with Crippen LogP contribution in [0.3, 0.4) is 0 Å². The SMILES string of the molecule is Cc1ccc(NCC(=O)Nc2cc(Cl)ccc2F)c(Br)c1. The molecule has 0 fully saturated rings. The smallest absolute Gasteiger partial charge is 0.243 e. The highest BCUT2D eigenvalue weighted by Gasteiger charge is 2.08. The molecule has 0 aliphatic heterocycles. The number of anilines is 2. The average molecular weight is 372 g/mol. The Labute approximate surface area is 135 Å². The fourth-order valence-electron chi connectivity index (χ4n) is 1.73. The van der Waals surface area contributed by atoms with E-state index in [1.807, 2.05) is 25.1 Å². The number of carbonyl (C=O) groups is 1. The lowest BCUT2D eigenvalue weighted by atomic mass is 10.2. The lowest BCUT2D eigenvalue weighted by Crippen LogP contribution is -2.22. The number of aryl methyl sites for hydroxylation is 1. The molecule has 1 amide bonds. The van der Waals surface area contributed by atoms with Crippen LogP contribution >= 0.6 is 27.5 Å². The van der Waals surface area contributed by atoms with Gasteiger partial charge in [0.05, 0.1) is 12.2 Å². The number of hydrogen-bond acceptors (Lipinski definition) is 2. The van der Waals surface area contributed by atoms with E-state index in [-0.39, 0.29) is 18.1 Å². The lowest BCUT2D eigenvalue weighted by molar-refractivity contribution is -0.114. The highest BCUT2D eigenvalue weighted by Crippen LogP contribution is 2.23. The van der Waals surface area contributed by atoms with E-state index in [9.17, 15) is 9.18 Å². The Morgan fingerprint density at radius 3 is 2.71 bits per heavy atom. The van der Waals surface area contributed by atoms with Crippen LogP contribution in [0.2, 0.25) is 5.02 Å². The summed E-state index contributed by atoms with van der Waals surface area (Å²) in [6.07, 6.45) is 0. The zero-order valence-electron chi connectivity index (χ0n) is 11.2. The largest absolute Gasteiger partial charge is 0.375 e. The highest BCUT2D eigenvalue weighted by atomic mass is 79.9. The Hall–Kier alpha value is -1.59. The average Bonchev–Trinajstić information content (AvgIpc) is 2.42. The molecule has 21 heavy (non-hydrogen) atoms. The van der Waals surface area contributed by atoms with Crippen molar-refractivity contribution in [2.24, 2.45) is 0 Å². The van der Waals surface area contributed by atoms with Crippen LogP contribution in [-0.2, 0) is 4.79 Å². The third kappa shape index (κ3) is 4.44. The first-order valence-corrected chi connectivity index (χ1v) is 7.38. The van der Waals surface area contributed by atoms with Gasteiger partial charge in [0.25, 0.3) is 0 Å². The van der Waals surface area contributed by atoms with Crippen LogP contribution in [-0.4, -0.2) is 12.5 Å². The standard InChI is InChI=1S/C15H13BrClFN2O/c1-9-2-5-13(11(16)6-9)19-8-15(21)20-14-7-10(17)3-4-12(14)18/h2-7,19H,8H2,1H3,(H,20,21). The fourth-order valence-corrected chi connectivity index (χ4v) is 2.53. The van der Waals surface area contributed by atoms with Crippen LogP contribution in [0.15, 0.2) is 40.9 Å². The molecule has 0 aliphatic rings. The van der Waals surface area contributed by atoms with Gasteiger partial charge in [0, 0.05) is 15.2 Å². The van der Waals surface area contributed by atoms with Crippen LogP contribution in [0.1, 0.15) is 5.56 Å². The number of amides is 1. The normalized spacial score (nSPS) is 10.3. The van der Waals surface area contributed by atoms with Gasteiger partial charge in [-0.2, -0.15) is 0 Å². The maximum Gasteiger partial charge on any atom is 0.243 e. The molecule has 0 atom stereocenters. The van der Waals surface area contributed by atoms with Crippen LogP contribution < -0.4 is 10.6 Å². The van der Waals surface area contributed by atoms with Crippen molar-refractivity contribution >= 4 is 44.8 Å². The summed E-state index contributed by atoms with van der Waals surface area (Å²) < 4.78 is 14.4. The minimum absolute atomic E-state index is 0.0214. The summed E-state index contributed by atoms with van der Waals surface area (Å²) in [4.78, 5) is 11.8. The number of halogens is 3. The molecule has 0 heterocycles. The summed E-state index contributed by atoms with van der Waals surface area (Å²) in [5.74, 6) is -0.882. The van der Waals surface area contributed by atoms with E-state index < -0.39 is 5.82 Å². The number of rotatable bonds is 4. The molecule has 0 aromatic heterocycles. The lowest BCUT2D eigenvalue weighted by Gasteiger charge is -2.10. The second-order valence-corrected chi connectivity index (χ2v) is 5.80. The van der Waals surface area contributed by atoms with Crippen molar-refractivity contribution in [2.75, 3.05) is 17.2 Å². The minimum atomic E-state index is -0.524. The molecule has 3 nitrogen and oxygen atoms in total. The molecule has 0 saturated carbocycles. The van der Waals surface area contributed by atoms with E-state index in [1.165, 1.54) is 18.2 Å². The number of nitrogens with one attached hydrogen (secondary N) is 2. The summed E-state index contributed by atoms with van der Waals surface area (Å²) in [5, 5.41) is 5.82. The quantitative estimate of drug-likeness (QED) is 0.824. The Bertz CT molecular complexity index is 679. The minimum Gasteiger partial charge on any atom is -0.375 e. The molecule has 2 N–H and O–H groups in total. The molecule has 0 spiro atoms. The van der Waals surface area contributed by atoms with Crippen LogP contribution in [0, 0.1) is 12.7 Å². The number of carbonyl (C=O) groups excluding carboxylic acids is 1.